The number of halogens is 1. The fraction of sp³-hybridized carbons (Fsp3) is 0.200. The van der Waals surface area contributed by atoms with Crippen molar-refractivity contribution in [2.75, 3.05) is 13.7 Å². The average Bonchev–Trinajstić information content (AvgIpc) is 3.41. The lowest BCUT2D eigenvalue weighted by Gasteiger charge is -2.12. The molecule has 0 saturated carbocycles. The molecule has 0 spiro atoms. The van der Waals surface area contributed by atoms with E-state index in [0.717, 1.165) is 43.8 Å². The van der Waals surface area contributed by atoms with E-state index in [1.54, 1.807) is 11.7 Å². The summed E-state index contributed by atoms with van der Waals surface area (Å²) in [6, 6.07) is 14.0. The van der Waals surface area contributed by atoms with Crippen molar-refractivity contribution >= 4 is 49.1 Å². The number of rotatable bonds is 5. The van der Waals surface area contributed by atoms with Crippen molar-refractivity contribution in [1.29, 1.82) is 0 Å². The molecule has 5 rings (SSSR count). The summed E-state index contributed by atoms with van der Waals surface area (Å²) in [7, 11) is 1.63. The molecule has 162 valence electrons. The highest BCUT2D eigenvalue weighted by atomic mass is 79.9. The monoisotopic (exact) mass is 508 g/mol. The van der Waals surface area contributed by atoms with Crippen molar-refractivity contribution in [2.45, 2.75) is 19.9 Å². The third-order valence-electron chi connectivity index (χ3n) is 5.55. The van der Waals surface area contributed by atoms with Crippen LogP contribution in [0, 0.1) is 0 Å². The molecule has 2 aromatic heterocycles. The Kier molecular flexibility index (Phi) is 5.61. The van der Waals surface area contributed by atoms with Crippen LogP contribution in [0.4, 0.5) is 0 Å². The second-order valence-electron chi connectivity index (χ2n) is 7.47. The zero-order valence-electron chi connectivity index (χ0n) is 17.7. The van der Waals surface area contributed by atoms with E-state index in [9.17, 15) is 4.79 Å². The Morgan fingerprint density at radius 3 is 2.81 bits per heavy atom. The average molecular weight is 509 g/mol. The number of hydrogen-bond acceptors (Lipinski definition) is 5. The number of fused-ring (bicyclic) bond motifs is 2. The van der Waals surface area contributed by atoms with E-state index in [2.05, 4.69) is 22.0 Å². The SMILES string of the molecule is CCOc1c(Br)cc(/C=C2/CCn3c2nc2scc(-c4ccccc4)c2c3=O)cc1OC. The Morgan fingerprint density at radius 2 is 2.06 bits per heavy atom. The van der Waals surface area contributed by atoms with Gasteiger partial charge in [0.15, 0.2) is 11.5 Å². The molecule has 7 heteroatoms. The number of methoxy groups -OCH3 is 1. The van der Waals surface area contributed by atoms with Crippen LogP contribution in [0.25, 0.3) is 33.0 Å². The molecule has 1 aliphatic heterocycles. The Morgan fingerprint density at radius 1 is 1.25 bits per heavy atom. The lowest BCUT2D eigenvalue weighted by atomic mass is 10.1. The number of thiophene rings is 1. The number of allylic oxidation sites excluding steroid dienone is 1. The number of aromatic nitrogens is 2. The molecule has 0 bridgehead atoms. The topological polar surface area (TPSA) is 53.4 Å². The number of nitrogens with zero attached hydrogens (tertiary/aromatic N) is 2. The van der Waals surface area contributed by atoms with Crippen LogP contribution in [0.2, 0.25) is 0 Å². The largest absolute Gasteiger partial charge is 0.493 e. The lowest BCUT2D eigenvalue weighted by Crippen LogP contribution is -2.20. The first-order chi connectivity index (χ1) is 15.6. The van der Waals surface area contributed by atoms with E-state index >= 15 is 0 Å². The Hall–Kier alpha value is -2.90. The van der Waals surface area contributed by atoms with Crippen LogP contribution in [0.5, 0.6) is 11.5 Å². The Bertz CT molecular complexity index is 1410. The summed E-state index contributed by atoms with van der Waals surface area (Å²) in [5.41, 5.74) is 4.02. The van der Waals surface area contributed by atoms with Crippen LogP contribution >= 0.6 is 27.3 Å². The van der Waals surface area contributed by atoms with Crippen LogP contribution in [-0.4, -0.2) is 23.3 Å². The summed E-state index contributed by atoms with van der Waals surface area (Å²) in [6.45, 7) is 3.12. The predicted octanol–water partition coefficient (Wildman–Crippen LogP) is 6.24. The molecule has 0 radical (unpaired) electrons. The Balaban J connectivity index is 1.60. The van der Waals surface area contributed by atoms with Gasteiger partial charge >= 0.3 is 0 Å². The minimum atomic E-state index is 0.0268. The second kappa shape index (κ2) is 8.56. The normalized spacial score (nSPS) is 14.2. The molecule has 1 aliphatic rings. The van der Waals surface area contributed by atoms with Crippen LogP contribution in [-0.2, 0) is 6.54 Å². The first-order valence-corrected chi connectivity index (χ1v) is 12.1. The third kappa shape index (κ3) is 3.55. The molecule has 0 atom stereocenters. The summed E-state index contributed by atoms with van der Waals surface area (Å²) in [6.07, 6.45) is 2.83. The molecule has 0 N–H and O–H groups in total. The highest BCUT2D eigenvalue weighted by molar-refractivity contribution is 9.10. The third-order valence-corrected chi connectivity index (χ3v) is 7.01. The van der Waals surface area contributed by atoms with Gasteiger partial charge in [-0.25, -0.2) is 4.98 Å². The molecular weight excluding hydrogens is 488 g/mol. The summed E-state index contributed by atoms with van der Waals surface area (Å²) in [5, 5.41) is 2.73. The highest BCUT2D eigenvalue weighted by Gasteiger charge is 2.24. The van der Waals surface area contributed by atoms with E-state index in [-0.39, 0.29) is 5.56 Å². The van der Waals surface area contributed by atoms with E-state index < -0.39 is 0 Å². The number of ether oxygens (including phenoxy) is 2. The lowest BCUT2D eigenvalue weighted by molar-refractivity contribution is 0.309. The first-order valence-electron chi connectivity index (χ1n) is 10.4. The van der Waals surface area contributed by atoms with Crippen molar-refractivity contribution < 1.29 is 9.47 Å². The van der Waals surface area contributed by atoms with E-state index in [1.165, 1.54) is 11.3 Å². The zero-order chi connectivity index (χ0) is 22.2. The minimum absolute atomic E-state index is 0.0268. The second-order valence-corrected chi connectivity index (χ2v) is 9.19. The molecule has 3 heterocycles. The molecule has 2 aromatic carbocycles. The van der Waals surface area contributed by atoms with Gasteiger partial charge in [0.1, 0.15) is 10.7 Å². The van der Waals surface area contributed by atoms with Gasteiger partial charge in [-0.15, -0.1) is 11.3 Å². The van der Waals surface area contributed by atoms with Gasteiger partial charge < -0.3 is 9.47 Å². The van der Waals surface area contributed by atoms with Gasteiger partial charge in [-0.3, -0.25) is 9.36 Å². The van der Waals surface area contributed by atoms with E-state index in [0.29, 0.717) is 30.0 Å². The molecule has 0 aliphatic carbocycles. The summed E-state index contributed by atoms with van der Waals surface area (Å²) in [4.78, 5) is 19.1. The smallest absolute Gasteiger partial charge is 0.263 e. The van der Waals surface area contributed by atoms with E-state index in [4.69, 9.17) is 14.5 Å². The fourth-order valence-corrected chi connectivity index (χ4v) is 5.61. The maximum Gasteiger partial charge on any atom is 0.263 e. The van der Waals surface area contributed by atoms with Crippen LogP contribution in [0.3, 0.4) is 0 Å². The summed E-state index contributed by atoms with van der Waals surface area (Å²) < 4.78 is 13.8. The van der Waals surface area contributed by atoms with Crippen molar-refractivity contribution in [3.8, 4) is 22.6 Å². The van der Waals surface area contributed by atoms with Crippen LogP contribution < -0.4 is 15.0 Å². The number of benzene rings is 2. The minimum Gasteiger partial charge on any atom is -0.493 e. The highest BCUT2D eigenvalue weighted by Crippen LogP contribution is 2.39. The van der Waals surface area contributed by atoms with Crippen LogP contribution in [0.1, 0.15) is 24.7 Å². The van der Waals surface area contributed by atoms with Crippen molar-refractivity contribution in [1.82, 2.24) is 9.55 Å². The number of hydrogen-bond donors (Lipinski definition) is 0. The maximum atomic E-state index is 13.4. The maximum absolute atomic E-state index is 13.4. The molecule has 4 aromatic rings. The van der Waals surface area contributed by atoms with Crippen molar-refractivity contribution in [2.24, 2.45) is 0 Å². The van der Waals surface area contributed by atoms with Gasteiger partial charge in [-0.2, -0.15) is 0 Å². The van der Waals surface area contributed by atoms with Gasteiger partial charge in [0, 0.05) is 17.5 Å². The van der Waals surface area contributed by atoms with Crippen LogP contribution in [0.15, 0.2) is 57.1 Å². The van der Waals surface area contributed by atoms with Gasteiger partial charge in [-0.05, 0) is 64.2 Å². The van der Waals surface area contributed by atoms with Gasteiger partial charge in [0.25, 0.3) is 5.56 Å². The standard InChI is InChI=1S/C25H21BrN2O3S/c1-3-31-22-19(26)12-15(13-20(22)30-2)11-17-9-10-28-23(17)27-24-21(25(28)29)18(14-32-24)16-7-5-4-6-8-16/h4-8,11-14H,3,9-10H2,1-2H3/b17-11-. The Labute approximate surface area is 198 Å². The molecule has 32 heavy (non-hydrogen) atoms. The summed E-state index contributed by atoms with van der Waals surface area (Å²) in [5.74, 6) is 2.10. The first kappa shape index (κ1) is 21.0. The quantitative estimate of drug-likeness (QED) is 0.320. The summed E-state index contributed by atoms with van der Waals surface area (Å²) >= 11 is 5.10. The predicted molar refractivity (Wildman–Crippen MR) is 134 cm³/mol. The van der Waals surface area contributed by atoms with Gasteiger partial charge in [0.05, 0.1) is 23.6 Å². The molecular formula is C25H21BrN2O3S. The molecule has 0 amide bonds. The van der Waals surface area contributed by atoms with Gasteiger partial charge in [-0.1, -0.05) is 30.3 Å². The molecule has 0 saturated heterocycles. The van der Waals surface area contributed by atoms with Gasteiger partial charge in [0.2, 0.25) is 0 Å². The fourth-order valence-electron chi connectivity index (χ4n) is 4.10. The van der Waals surface area contributed by atoms with E-state index in [1.807, 2.05) is 54.8 Å². The molecule has 5 nitrogen and oxygen atoms in total. The molecule has 0 fully saturated rings. The zero-order valence-corrected chi connectivity index (χ0v) is 20.1. The molecule has 0 unspecified atom stereocenters. The van der Waals surface area contributed by atoms with Crippen molar-refractivity contribution in [3.63, 3.8) is 0 Å². The van der Waals surface area contributed by atoms with Crippen molar-refractivity contribution in [3.05, 3.63) is 74.1 Å².